The van der Waals surface area contributed by atoms with Crippen molar-refractivity contribution < 1.29 is 22.1 Å². The molecule has 5 nitrogen and oxygen atoms in total. The van der Waals surface area contributed by atoms with Crippen molar-refractivity contribution in [1.29, 1.82) is 0 Å². The molecule has 5 saturated carbocycles. The molecule has 0 N–H and O–H groups in total. The van der Waals surface area contributed by atoms with Gasteiger partial charge in [0.25, 0.3) is 10.1 Å². The van der Waals surface area contributed by atoms with Crippen LogP contribution in [0.2, 0.25) is 0 Å². The summed E-state index contributed by atoms with van der Waals surface area (Å²) in [6.45, 7) is 20.8. The van der Waals surface area contributed by atoms with Crippen LogP contribution in [0.25, 0.3) is 0 Å². The zero-order valence-corrected chi connectivity index (χ0v) is 29.3. The van der Waals surface area contributed by atoms with E-state index in [2.05, 4.69) is 48.1 Å². The number of esters is 1. The second-order valence-corrected chi connectivity index (χ2v) is 18.6. The van der Waals surface area contributed by atoms with Gasteiger partial charge in [0.15, 0.2) is 0 Å². The minimum Gasteiger partial charge on any atom is -0.469 e. The molecule has 44 heavy (non-hydrogen) atoms. The first kappa shape index (κ1) is 32.3. The first-order valence-electron chi connectivity index (χ1n) is 17.2. The van der Waals surface area contributed by atoms with Crippen LogP contribution in [0.1, 0.15) is 111 Å². The molecule has 0 spiro atoms. The molecule has 1 aromatic rings. The number of hydrogen-bond donors (Lipinski definition) is 0. The molecule has 6 heteroatoms. The van der Waals surface area contributed by atoms with E-state index in [1.165, 1.54) is 12.0 Å². The molecule has 244 valence electrons. The van der Waals surface area contributed by atoms with Crippen molar-refractivity contribution >= 4 is 16.1 Å². The van der Waals surface area contributed by atoms with Crippen LogP contribution in [0.5, 0.6) is 0 Å². The van der Waals surface area contributed by atoms with E-state index in [4.69, 9.17) is 8.92 Å². The van der Waals surface area contributed by atoms with Gasteiger partial charge < -0.3 is 4.74 Å². The van der Waals surface area contributed by atoms with E-state index in [0.29, 0.717) is 29.6 Å². The van der Waals surface area contributed by atoms with Crippen LogP contribution in [-0.4, -0.2) is 27.6 Å². The summed E-state index contributed by atoms with van der Waals surface area (Å²) in [4.78, 5) is 13.8. The van der Waals surface area contributed by atoms with Gasteiger partial charge in [-0.15, -0.1) is 0 Å². The predicted octanol–water partition coefficient (Wildman–Crippen LogP) is 8.90. The molecule has 0 bridgehead atoms. The monoisotopic (exact) mass is 624 g/mol. The summed E-state index contributed by atoms with van der Waals surface area (Å²) in [5, 5.41) is 0. The second kappa shape index (κ2) is 10.4. The maximum Gasteiger partial charge on any atom is 0.312 e. The Kier molecular flexibility index (Phi) is 7.65. The lowest BCUT2D eigenvalue weighted by Crippen LogP contribution is -2.67. The quantitative estimate of drug-likeness (QED) is 0.186. The molecule has 0 heterocycles. The van der Waals surface area contributed by atoms with E-state index >= 15 is 0 Å². The average Bonchev–Trinajstić information content (AvgIpc) is 3.36. The van der Waals surface area contributed by atoms with E-state index in [1.807, 2.05) is 19.1 Å². The first-order valence-corrected chi connectivity index (χ1v) is 18.6. The number of fused-ring (bicyclic) bond motifs is 7. The molecular weight excluding hydrogens is 568 g/mol. The van der Waals surface area contributed by atoms with Gasteiger partial charge in [0, 0.05) is 0 Å². The summed E-state index contributed by atoms with van der Waals surface area (Å²) in [5.74, 6) is 2.12. The summed E-state index contributed by atoms with van der Waals surface area (Å²) in [6, 6.07) is 7.00. The van der Waals surface area contributed by atoms with Crippen LogP contribution in [0.4, 0.5) is 0 Å². The third-order valence-electron chi connectivity index (χ3n) is 15.2. The molecule has 5 aliphatic rings. The first-order chi connectivity index (χ1) is 20.5. The summed E-state index contributed by atoms with van der Waals surface area (Å²) in [7, 11) is -2.27. The predicted molar refractivity (Wildman–Crippen MR) is 174 cm³/mol. The lowest BCUT2D eigenvalue weighted by atomic mass is 9.32. The topological polar surface area (TPSA) is 69.7 Å². The van der Waals surface area contributed by atoms with Crippen molar-refractivity contribution in [3.8, 4) is 0 Å². The largest absolute Gasteiger partial charge is 0.469 e. The number of allylic oxidation sites excluding steroid dienone is 1. The number of hydrogen-bond acceptors (Lipinski definition) is 5. The summed E-state index contributed by atoms with van der Waals surface area (Å²) in [5.41, 5.74) is 2.02. The van der Waals surface area contributed by atoms with Gasteiger partial charge in [-0.2, -0.15) is 8.42 Å². The Morgan fingerprint density at radius 3 is 2.16 bits per heavy atom. The zero-order valence-electron chi connectivity index (χ0n) is 28.5. The van der Waals surface area contributed by atoms with Gasteiger partial charge in [-0.05, 0) is 141 Å². The SMILES string of the molecule is C=C(C)[C@@H]1CC[C@]2(C(=O)OC)CC[C@]3(C)[C@H](CC[C@@H]4[C@@]5(C)CC[C@H](OS(=O)(=O)c6ccc(C)cc6)C(C)(C)[C@H]5CC[C@]43C)[C@@H]12. The van der Waals surface area contributed by atoms with Crippen LogP contribution < -0.4 is 0 Å². The Labute approximate surface area is 267 Å². The average molecular weight is 625 g/mol. The smallest absolute Gasteiger partial charge is 0.312 e. The Morgan fingerprint density at radius 1 is 0.841 bits per heavy atom. The van der Waals surface area contributed by atoms with E-state index in [0.717, 1.165) is 63.4 Å². The zero-order chi connectivity index (χ0) is 32.1. The molecule has 0 aliphatic heterocycles. The van der Waals surface area contributed by atoms with Gasteiger partial charge >= 0.3 is 5.97 Å². The van der Waals surface area contributed by atoms with Crippen LogP contribution in [0.15, 0.2) is 41.3 Å². The number of rotatable bonds is 5. The third kappa shape index (κ3) is 4.31. The highest BCUT2D eigenvalue weighted by atomic mass is 32.2. The number of aryl methyl sites for hydroxylation is 1. The second-order valence-electron chi connectivity index (χ2n) is 17.0. The van der Waals surface area contributed by atoms with Crippen molar-refractivity contribution in [2.75, 3.05) is 7.11 Å². The van der Waals surface area contributed by atoms with Crippen molar-refractivity contribution in [3.05, 3.63) is 42.0 Å². The normalized spacial score (nSPS) is 44.5. The molecule has 5 aliphatic carbocycles. The van der Waals surface area contributed by atoms with Crippen LogP contribution in [0, 0.1) is 63.6 Å². The van der Waals surface area contributed by atoms with Crippen molar-refractivity contribution in [3.63, 3.8) is 0 Å². The Morgan fingerprint density at radius 2 is 1.52 bits per heavy atom. The highest BCUT2D eigenvalue weighted by molar-refractivity contribution is 7.86. The van der Waals surface area contributed by atoms with Gasteiger partial charge in [0.05, 0.1) is 23.5 Å². The molecule has 1 aromatic carbocycles. The number of ether oxygens (including phenoxy) is 1. The molecule has 6 rings (SSSR count). The molecule has 0 radical (unpaired) electrons. The van der Waals surface area contributed by atoms with Crippen molar-refractivity contribution in [1.82, 2.24) is 0 Å². The molecule has 0 unspecified atom stereocenters. The van der Waals surface area contributed by atoms with E-state index in [-0.39, 0.29) is 44.0 Å². The Hall–Kier alpha value is -1.66. The molecule has 10 atom stereocenters. The maximum atomic E-state index is 13.5. The summed E-state index contributed by atoms with van der Waals surface area (Å²) < 4.78 is 38.5. The van der Waals surface area contributed by atoms with E-state index in [9.17, 15) is 13.2 Å². The number of methoxy groups -OCH3 is 1. The number of carbonyl (C=O) groups is 1. The fourth-order valence-corrected chi connectivity index (χ4v) is 14.0. The molecule has 0 aromatic heterocycles. The van der Waals surface area contributed by atoms with Crippen molar-refractivity contribution in [2.24, 2.45) is 56.7 Å². The number of carbonyl (C=O) groups excluding carboxylic acids is 1. The molecule has 5 fully saturated rings. The van der Waals surface area contributed by atoms with Crippen LogP contribution >= 0.6 is 0 Å². The summed E-state index contributed by atoms with van der Waals surface area (Å²) >= 11 is 0. The molecular formula is C38H56O5S. The van der Waals surface area contributed by atoms with E-state index < -0.39 is 10.1 Å². The van der Waals surface area contributed by atoms with Gasteiger partial charge in [-0.25, -0.2) is 0 Å². The lowest BCUT2D eigenvalue weighted by Gasteiger charge is -2.72. The third-order valence-corrected chi connectivity index (χ3v) is 16.5. The minimum atomic E-state index is -3.85. The van der Waals surface area contributed by atoms with Gasteiger partial charge in [-0.1, -0.05) is 64.5 Å². The van der Waals surface area contributed by atoms with E-state index in [1.54, 1.807) is 19.2 Å². The summed E-state index contributed by atoms with van der Waals surface area (Å²) in [6.07, 6.45) is 9.90. The van der Waals surface area contributed by atoms with Gasteiger partial charge in [-0.3, -0.25) is 8.98 Å². The highest BCUT2D eigenvalue weighted by Crippen LogP contribution is 2.77. The molecule has 0 amide bonds. The van der Waals surface area contributed by atoms with Gasteiger partial charge in [0.1, 0.15) is 0 Å². The van der Waals surface area contributed by atoms with Crippen LogP contribution in [-0.2, 0) is 23.8 Å². The van der Waals surface area contributed by atoms with Gasteiger partial charge in [0.2, 0.25) is 0 Å². The maximum absolute atomic E-state index is 13.5. The fraction of sp³-hybridized carbons (Fsp3) is 0.763. The Balaban J connectivity index is 1.30. The minimum absolute atomic E-state index is 0.0110. The Bertz CT molecular complexity index is 1430. The standard InChI is InChI=1S/C38H56O5S/c1-24(2)27-16-21-38(33(39)42-9)23-22-36(7)28(32(27)38)14-15-30-35(6)19-18-31(34(4,5)29(35)17-20-37(30,36)8)43-44(40,41)26-12-10-25(3)11-13-26/h10-13,27-32H,1,14-23H2,2-9H3/t27-,28+,29+,30+,31-,32+,35-,36+,37+,38-/m0/s1. The molecule has 0 saturated heterocycles. The lowest BCUT2D eigenvalue weighted by molar-refractivity contribution is -0.246. The fourth-order valence-electron chi connectivity index (χ4n) is 12.8. The highest BCUT2D eigenvalue weighted by Gasteiger charge is 2.72. The van der Waals surface area contributed by atoms with Crippen molar-refractivity contribution in [2.45, 2.75) is 124 Å². The number of benzene rings is 1. The van der Waals surface area contributed by atoms with Crippen LogP contribution in [0.3, 0.4) is 0 Å².